The van der Waals surface area contributed by atoms with Gasteiger partial charge >= 0.3 is 12.1 Å². The number of aliphatic carboxylic acids is 1. The van der Waals surface area contributed by atoms with Crippen LogP contribution in [0.3, 0.4) is 0 Å². The second kappa shape index (κ2) is 13.6. The fourth-order valence-corrected chi connectivity index (χ4v) is 5.10. The van der Waals surface area contributed by atoms with Crippen molar-refractivity contribution in [2.75, 3.05) is 13.7 Å². The number of carbonyl (C=O) groups is 3. The summed E-state index contributed by atoms with van der Waals surface area (Å²) in [4.78, 5) is 38.5. The lowest BCUT2D eigenvalue weighted by molar-refractivity contribution is -0.147. The molecular weight excluding hydrogens is 536 g/mol. The predicted octanol–water partition coefficient (Wildman–Crippen LogP) is 4.88. The summed E-state index contributed by atoms with van der Waals surface area (Å²) < 4.78 is 16.9. The zero-order valence-corrected chi connectivity index (χ0v) is 24.3. The van der Waals surface area contributed by atoms with Crippen molar-refractivity contribution < 1.29 is 33.7 Å². The van der Waals surface area contributed by atoms with E-state index in [1.54, 1.807) is 20.8 Å². The number of hydrogen-bond acceptors (Lipinski definition) is 6. The summed E-state index contributed by atoms with van der Waals surface area (Å²) in [6.45, 7) is 5.37. The van der Waals surface area contributed by atoms with Gasteiger partial charge in [0.15, 0.2) is 6.04 Å². The number of methoxy groups -OCH3 is 1. The highest BCUT2D eigenvalue weighted by molar-refractivity contribution is 5.89. The van der Waals surface area contributed by atoms with Crippen molar-refractivity contribution in [1.29, 1.82) is 0 Å². The lowest BCUT2D eigenvalue weighted by Crippen LogP contribution is -2.56. The van der Waals surface area contributed by atoms with E-state index in [4.69, 9.17) is 14.2 Å². The van der Waals surface area contributed by atoms with Crippen molar-refractivity contribution in [3.05, 3.63) is 95.6 Å². The van der Waals surface area contributed by atoms with Crippen LogP contribution >= 0.6 is 0 Å². The monoisotopic (exact) mass is 574 g/mol. The van der Waals surface area contributed by atoms with E-state index in [0.717, 1.165) is 27.8 Å². The zero-order valence-electron chi connectivity index (χ0n) is 24.3. The summed E-state index contributed by atoms with van der Waals surface area (Å²) in [7, 11) is 1.50. The van der Waals surface area contributed by atoms with E-state index in [0.29, 0.717) is 0 Å². The van der Waals surface area contributed by atoms with Gasteiger partial charge in [0.2, 0.25) is 5.91 Å². The lowest BCUT2D eigenvalue weighted by atomic mass is 9.97. The van der Waals surface area contributed by atoms with Crippen LogP contribution in [0.1, 0.15) is 49.8 Å². The predicted molar refractivity (Wildman–Crippen MR) is 158 cm³/mol. The summed E-state index contributed by atoms with van der Waals surface area (Å²) in [5.41, 5.74) is 4.41. The Morgan fingerprint density at radius 1 is 0.881 bits per heavy atom. The molecule has 0 spiro atoms. The minimum absolute atomic E-state index is 0.0734. The SMILES string of the molecule is COC(C)(C)CC(NC(=O)OCC1c2ccccc2-c2ccccc21)C(=O)N[C@@H](C(=O)O)[C@H](C)OCc1ccccc1. The standard InChI is InChI=1S/C33H38N2O7/c1-21(41-19-22-12-6-5-7-13-22)29(31(37)38)35-30(36)28(18-33(2,3)40-4)34-32(39)42-20-27-25-16-10-8-14-23(25)24-15-9-11-17-26(24)27/h5-17,21,27-29H,18-20H2,1-4H3,(H,34,39)(H,35,36)(H,37,38)/t21-,28?,29+/m0/s1. The maximum absolute atomic E-state index is 13.4. The Kier molecular flexibility index (Phi) is 9.98. The molecule has 0 aliphatic heterocycles. The van der Waals surface area contributed by atoms with Gasteiger partial charge in [0.25, 0.3) is 0 Å². The van der Waals surface area contributed by atoms with Crippen molar-refractivity contribution in [2.45, 2.75) is 63.5 Å². The van der Waals surface area contributed by atoms with Gasteiger partial charge in [0.1, 0.15) is 12.6 Å². The highest BCUT2D eigenvalue weighted by Crippen LogP contribution is 2.44. The Labute approximate surface area is 246 Å². The molecular formula is C33H38N2O7. The van der Waals surface area contributed by atoms with E-state index < -0.39 is 41.8 Å². The first kappa shape index (κ1) is 30.7. The normalized spacial score (nSPS) is 14.7. The highest BCUT2D eigenvalue weighted by Gasteiger charge is 2.35. The number of amides is 2. The third-order valence-corrected chi connectivity index (χ3v) is 7.59. The number of ether oxygens (including phenoxy) is 3. The van der Waals surface area contributed by atoms with Crippen LogP contribution in [0.15, 0.2) is 78.9 Å². The summed E-state index contributed by atoms with van der Waals surface area (Å²) >= 11 is 0. The van der Waals surface area contributed by atoms with Gasteiger partial charge in [-0.1, -0.05) is 78.9 Å². The fourth-order valence-electron chi connectivity index (χ4n) is 5.10. The van der Waals surface area contributed by atoms with Gasteiger partial charge in [-0.15, -0.1) is 0 Å². The molecule has 0 fully saturated rings. The van der Waals surface area contributed by atoms with Crippen LogP contribution < -0.4 is 10.6 Å². The van der Waals surface area contributed by atoms with Crippen molar-refractivity contribution in [3.8, 4) is 11.1 Å². The Morgan fingerprint density at radius 2 is 1.45 bits per heavy atom. The molecule has 3 N–H and O–H groups in total. The maximum Gasteiger partial charge on any atom is 0.407 e. The molecule has 1 aliphatic carbocycles. The molecule has 0 heterocycles. The van der Waals surface area contributed by atoms with Gasteiger partial charge in [0.05, 0.1) is 18.3 Å². The molecule has 222 valence electrons. The molecule has 1 unspecified atom stereocenters. The van der Waals surface area contributed by atoms with Crippen LogP contribution in [0, 0.1) is 0 Å². The first-order valence-electron chi connectivity index (χ1n) is 13.9. The molecule has 0 aromatic heterocycles. The first-order chi connectivity index (χ1) is 20.1. The first-order valence-corrected chi connectivity index (χ1v) is 13.9. The average Bonchev–Trinajstić information content (AvgIpc) is 3.31. The Bertz CT molecular complexity index is 1350. The third-order valence-electron chi connectivity index (χ3n) is 7.59. The van der Waals surface area contributed by atoms with E-state index in [9.17, 15) is 19.5 Å². The minimum atomic E-state index is -1.35. The Morgan fingerprint density at radius 3 is 2.02 bits per heavy atom. The number of carboxylic acid groups (broad SMARTS) is 1. The second-order valence-electron chi connectivity index (χ2n) is 11.0. The largest absolute Gasteiger partial charge is 0.480 e. The summed E-state index contributed by atoms with van der Waals surface area (Å²) in [6.07, 6.45) is -1.56. The van der Waals surface area contributed by atoms with Gasteiger partial charge in [-0.2, -0.15) is 0 Å². The molecule has 9 heteroatoms. The van der Waals surface area contributed by atoms with Gasteiger partial charge in [-0.05, 0) is 48.6 Å². The van der Waals surface area contributed by atoms with Gasteiger partial charge < -0.3 is 30.0 Å². The third kappa shape index (κ3) is 7.54. The number of carbonyl (C=O) groups excluding carboxylic acids is 2. The van der Waals surface area contributed by atoms with Crippen LogP contribution in [0.25, 0.3) is 11.1 Å². The topological polar surface area (TPSA) is 123 Å². The molecule has 0 saturated heterocycles. The fraction of sp³-hybridized carbons (Fsp3) is 0.364. The molecule has 3 atom stereocenters. The van der Waals surface area contributed by atoms with E-state index in [1.165, 1.54) is 7.11 Å². The van der Waals surface area contributed by atoms with Crippen molar-refractivity contribution in [3.63, 3.8) is 0 Å². The number of alkyl carbamates (subject to hydrolysis) is 1. The molecule has 9 nitrogen and oxygen atoms in total. The smallest absolute Gasteiger partial charge is 0.407 e. The molecule has 2 amide bonds. The van der Waals surface area contributed by atoms with Crippen LogP contribution in [0.5, 0.6) is 0 Å². The Hall–Kier alpha value is -4.21. The van der Waals surface area contributed by atoms with Crippen molar-refractivity contribution in [1.82, 2.24) is 10.6 Å². The van der Waals surface area contributed by atoms with Gasteiger partial charge in [-0.3, -0.25) is 4.79 Å². The second-order valence-corrected chi connectivity index (χ2v) is 11.0. The molecule has 1 aliphatic rings. The zero-order chi connectivity index (χ0) is 30.3. The van der Waals surface area contributed by atoms with Gasteiger partial charge in [0, 0.05) is 19.4 Å². The van der Waals surface area contributed by atoms with E-state index >= 15 is 0 Å². The summed E-state index contributed by atoms with van der Waals surface area (Å²) in [6, 6.07) is 22.8. The number of fused-ring (bicyclic) bond motifs is 3. The van der Waals surface area contributed by atoms with Crippen molar-refractivity contribution in [2.24, 2.45) is 0 Å². The molecule has 0 saturated carbocycles. The molecule has 3 aromatic carbocycles. The quantitative estimate of drug-likeness (QED) is 0.266. The van der Waals surface area contributed by atoms with Crippen molar-refractivity contribution >= 4 is 18.0 Å². The lowest BCUT2D eigenvalue weighted by Gasteiger charge is -2.30. The average molecular weight is 575 g/mol. The Balaban J connectivity index is 1.42. The number of hydrogen-bond donors (Lipinski definition) is 3. The molecule has 4 rings (SSSR count). The molecule has 42 heavy (non-hydrogen) atoms. The van der Waals surface area contributed by atoms with E-state index in [-0.39, 0.29) is 25.6 Å². The van der Waals surface area contributed by atoms with E-state index in [1.807, 2.05) is 78.9 Å². The molecule has 0 bridgehead atoms. The summed E-state index contributed by atoms with van der Waals surface area (Å²) in [5.74, 6) is -2.09. The van der Waals surface area contributed by atoms with Gasteiger partial charge in [-0.25, -0.2) is 9.59 Å². The van der Waals surface area contributed by atoms with Crippen LogP contribution in [-0.2, 0) is 30.4 Å². The van der Waals surface area contributed by atoms with Crippen LogP contribution in [0.2, 0.25) is 0 Å². The maximum atomic E-state index is 13.4. The number of benzene rings is 3. The molecule has 3 aromatic rings. The highest BCUT2D eigenvalue weighted by atomic mass is 16.5. The minimum Gasteiger partial charge on any atom is -0.480 e. The molecule has 0 radical (unpaired) electrons. The number of carboxylic acids is 1. The number of nitrogens with one attached hydrogen (secondary N) is 2. The van der Waals surface area contributed by atoms with Crippen LogP contribution in [0.4, 0.5) is 4.79 Å². The van der Waals surface area contributed by atoms with E-state index in [2.05, 4.69) is 10.6 Å². The van der Waals surface area contributed by atoms with Crippen LogP contribution in [-0.4, -0.2) is 60.6 Å². The number of rotatable bonds is 13. The summed E-state index contributed by atoms with van der Waals surface area (Å²) in [5, 5.41) is 15.0.